The highest BCUT2D eigenvalue weighted by molar-refractivity contribution is 7.52. The Balaban J connectivity index is 0.888. The van der Waals surface area contributed by atoms with Gasteiger partial charge in [0.1, 0.15) is 24.2 Å². The van der Waals surface area contributed by atoms with Gasteiger partial charge in [0.15, 0.2) is 0 Å². The van der Waals surface area contributed by atoms with E-state index in [4.69, 9.17) is 5.73 Å². The van der Waals surface area contributed by atoms with E-state index in [0.29, 0.717) is 54.2 Å². The maximum absolute atomic E-state index is 15.0. The fourth-order valence-corrected chi connectivity index (χ4v) is 12.6. The predicted molar refractivity (Wildman–Crippen MR) is 300 cm³/mol. The topological polar surface area (TPSA) is 295 Å². The number of hydrogen-bond donors (Lipinski definition) is 7. The number of thiophene rings is 1. The highest BCUT2D eigenvalue weighted by Crippen LogP contribution is 2.59. The average Bonchev–Trinajstić information content (AvgIpc) is 4.43. The number of rotatable bonds is 19. The van der Waals surface area contributed by atoms with Gasteiger partial charge < -0.3 is 46.2 Å². The zero-order valence-corrected chi connectivity index (χ0v) is 46.6. The Bertz CT molecular complexity index is 3440. The van der Waals surface area contributed by atoms with Crippen LogP contribution < -0.4 is 27.0 Å². The lowest BCUT2D eigenvalue weighted by atomic mass is 9.98. The normalized spacial score (nSPS) is 19.5. The van der Waals surface area contributed by atoms with E-state index in [-0.39, 0.29) is 91.9 Å². The van der Waals surface area contributed by atoms with Crippen molar-refractivity contribution in [1.29, 1.82) is 0 Å². The summed E-state index contributed by atoms with van der Waals surface area (Å²) in [5, 5.41) is 11.1. The molecule has 0 aliphatic carbocycles. The molecule has 0 radical (unpaired) electrons. The molecule has 9 rings (SSSR count). The Morgan fingerprint density at radius 1 is 0.843 bits per heavy atom. The Morgan fingerprint density at radius 3 is 2.25 bits per heavy atom. The quantitative estimate of drug-likeness (QED) is 0.0242. The lowest BCUT2D eigenvalue weighted by Crippen LogP contribution is -2.62. The first-order chi connectivity index (χ1) is 39.7. The summed E-state index contributed by atoms with van der Waals surface area (Å²) in [6, 6.07) is 21.9. The Morgan fingerprint density at radius 2 is 1.57 bits per heavy atom. The number of fused-ring (bicyclic) bond motifs is 3. The summed E-state index contributed by atoms with van der Waals surface area (Å²) in [6.07, 6.45) is 2.86. The van der Waals surface area contributed by atoms with Crippen LogP contribution in [0, 0.1) is 11.8 Å². The number of unbranched alkanes of at least 4 members (excludes halogenated alkanes) is 3. The van der Waals surface area contributed by atoms with Crippen molar-refractivity contribution in [2.45, 2.75) is 126 Å². The summed E-state index contributed by atoms with van der Waals surface area (Å²) in [5.41, 5.74) is 3.34. The molecule has 2 unspecified atom stereocenters. The molecular weight excluding hydrogens is 1110 g/mol. The van der Waals surface area contributed by atoms with E-state index in [1.54, 1.807) is 18.2 Å². The molecule has 9 amide bonds. The van der Waals surface area contributed by atoms with E-state index in [1.165, 1.54) is 26.8 Å². The Hall–Kier alpha value is -8.16. The van der Waals surface area contributed by atoms with Crippen molar-refractivity contribution in [3.63, 3.8) is 0 Å². The molecule has 20 nitrogen and oxygen atoms in total. The van der Waals surface area contributed by atoms with Gasteiger partial charge in [0.05, 0.1) is 10.9 Å². The van der Waals surface area contributed by atoms with Crippen LogP contribution in [0.3, 0.4) is 0 Å². The smallest absolute Gasteiger partial charge is 0.370 e. The number of nitrogens with two attached hydrogens (primary N) is 1. The van der Waals surface area contributed by atoms with Crippen molar-refractivity contribution in [1.82, 2.24) is 36.0 Å². The van der Waals surface area contributed by atoms with Gasteiger partial charge in [-0.25, -0.2) is 0 Å². The second-order valence-corrected chi connectivity index (χ2v) is 23.8. The molecule has 0 spiro atoms. The summed E-state index contributed by atoms with van der Waals surface area (Å²) in [7, 11) is -5.92. The number of hydrogen-bond acceptors (Lipinski definition) is 11. The second-order valence-electron chi connectivity index (χ2n) is 21.0. The molecule has 0 saturated carbocycles. The van der Waals surface area contributed by atoms with Crippen LogP contribution in [-0.2, 0) is 50.3 Å². The number of halogens is 2. The number of nitrogens with zero attached hydrogens (tertiary/aromatic N) is 3. The molecule has 3 fully saturated rings. The Labute approximate surface area is 480 Å². The third-order valence-electron chi connectivity index (χ3n) is 15.5. The number of piperidine rings is 1. The van der Waals surface area contributed by atoms with Gasteiger partial charge in [-0.15, -0.1) is 11.3 Å². The van der Waals surface area contributed by atoms with Gasteiger partial charge in [-0.1, -0.05) is 97.1 Å². The van der Waals surface area contributed by atoms with Crippen LogP contribution in [-0.4, -0.2) is 121 Å². The standard InChI is InChI=1S/C59H61F2N8O12PS/c60-59(61,82(79,80)81)39-22-21-38-31-48(83-47(38)32-39)56(76)64-44-34-67(51(72)20-11-3-1-2-6-13-35-18-12-19-41-42(35)33-68(57(41)77)45-26-28-50(71)65-54(45)74)30-29-40-23-25-46(69(40)58(44)78)55(75)63-43(24-27-49(62)70)53(73)66-52(36-14-7-4-8-15-36)37-16-9-5-10-17-37/h4-5,7-10,12,14-19,21-22,31-32,40,43-46,52H,1-3,11,20,23-30,33-34H2,(H2,62,70)(H,63,75)(H,64,76)(H,66,73)(H,65,71,74)(H2,79,80,81)/t40-,43?,44+,45?,46+/m1/s1. The maximum Gasteiger partial charge on any atom is 0.399 e. The number of primary amides is 1. The molecule has 5 aromatic rings. The first-order valence-electron chi connectivity index (χ1n) is 27.3. The second kappa shape index (κ2) is 25.5. The number of amides is 9. The van der Waals surface area contributed by atoms with E-state index < -0.39 is 90.5 Å². The van der Waals surface area contributed by atoms with Crippen molar-refractivity contribution in [3.8, 4) is 11.8 Å². The minimum atomic E-state index is -5.92. The highest BCUT2D eigenvalue weighted by atomic mass is 32.1. The number of alkyl halides is 2. The zero-order chi connectivity index (χ0) is 59.2. The van der Waals surface area contributed by atoms with E-state index in [1.807, 2.05) is 60.7 Å². The molecule has 83 heavy (non-hydrogen) atoms. The molecule has 5 heterocycles. The van der Waals surface area contributed by atoms with Crippen molar-refractivity contribution >= 4 is 82.2 Å². The maximum atomic E-state index is 15.0. The molecule has 24 heteroatoms. The monoisotopic (exact) mass is 1170 g/mol. The van der Waals surface area contributed by atoms with Gasteiger partial charge in [-0.05, 0) is 91.3 Å². The van der Waals surface area contributed by atoms with E-state index in [2.05, 4.69) is 33.1 Å². The van der Waals surface area contributed by atoms with Crippen LogP contribution >= 0.6 is 18.9 Å². The molecule has 4 aliphatic rings. The first kappa shape index (κ1) is 59.5. The van der Waals surface area contributed by atoms with Gasteiger partial charge in [0.25, 0.3) is 11.8 Å². The number of carbonyl (C=O) groups is 9. The zero-order valence-electron chi connectivity index (χ0n) is 44.9. The lowest BCUT2D eigenvalue weighted by Gasteiger charge is -2.39. The van der Waals surface area contributed by atoms with Crippen molar-refractivity contribution in [2.75, 3.05) is 13.1 Å². The van der Waals surface area contributed by atoms with Gasteiger partial charge in [0, 0.05) is 72.7 Å². The van der Waals surface area contributed by atoms with Crippen LogP contribution in [0.1, 0.15) is 131 Å². The first-order valence-corrected chi connectivity index (χ1v) is 29.7. The third kappa shape index (κ3) is 13.5. The molecule has 0 bridgehead atoms. The van der Waals surface area contributed by atoms with Crippen LogP contribution in [0.2, 0.25) is 0 Å². The van der Waals surface area contributed by atoms with Gasteiger partial charge in [0.2, 0.25) is 41.4 Å². The minimum absolute atomic E-state index is 0.0494. The van der Waals surface area contributed by atoms with E-state index in [0.717, 1.165) is 34.6 Å². The summed E-state index contributed by atoms with van der Waals surface area (Å²) in [5.74, 6) is 1.26. The highest BCUT2D eigenvalue weighted by Gasteiger charge is 2.51. The summed E-state index contributed by atoms with van der Waals surface area (Å²) in [6.45, 7) is -0.000729. The van der Waals surface area contributed by atoms with Crippen molar-refractivity contribution in [3.05, 3.63) is 141 Å². The number of carbonyl (C=O) groups excluding carboxylic acids is 9. The predicted octanol–water partition coefficient (Wildman–Crippen LogP) is 5.24. The SMILES string of the molecule is NC(=O)CCC(NC(=O)[C@@H]1CC[C@@H]2CCN(C(=O)CCCCCC#Cc3cccc4c3CN(C3CCC(=O)NC3=O)C4=O)C[C@H](NC(=O)c3cc4ccc(C(F)(F)P(=O)(O)O)cc4s3)C(=O)N21)C(=O)NC(c1ccccc1)c1ccccc1. The summed E-state index contributed by atoms with van der Waals surface area (Å²) >= 11 is 0.737. The van der Waals surface area contributed by atoms with Gasteiger partial charge in [-0.2, -0.15) is 8.78 Å². The van der Waals surface area contributed by atoms with Gasteiger partial charge >= 0.3 is 13.3 Å². The molecule has 3 saturated heterocycles. The van der Waals surface area contributed by atoms with Crippen molar-refractivity contribution < 1.29 is 66.3 Å². The number of imide groups is 1. The number of nitrogens with one attached hydrogen (secondary N) is 4. The molecule has 1 aromatic heterocycles. The molecule has 5 atom stereocenters. The molecule has 434 valence electrons. The fraction of sp³-hybridized carbons (Fsp3) is 0.373. The lowest BCUT2D eigenvalue weighted by molar-refractivity contribution is -0.145. The summed E-state index contributed by atoms with van der Waals surface area (Å²) in [4.78, 5) is 145. The third-order valence-corrected chi connectivity index (χ3v) is 17.6. The van der Waals surface area contributed by atoms with Crippen LogP contribution in [0.5, 0.6) is 0 Å². The minimum Gasteiger partial charge on any atom is -0.370 e. The van der Waals surface area contributed by atoms with Crippen molar-refractivity contribution in [2.24, 2.45) is 5.73 Å². The van der Waals surface area contributed by atoms with E-state index >= 15 is 4.79 Å². The molecule has 4 aromatic carbocycles. The molecule has 4 aliphatic heterocycles. The molecule has 8 N–H and O–H groups in total. The van der Waals surface area contributed by atoms with Gasteiger partial charge in [-0.3, -0.25) is 53.0 Å². The van der Waals surface area contributed by atoms with E-state index in [9.17, 15) is 61.5 Å². The van der Waals surface area contributed by atoms with Crippen LogP contribution in [0.15, 0.2) is 103 Å². The largest absolute Gasteiger partial charge is 0.399 e. The molecular formula is C59H61F2N8O12PS. The average molecular weight is 1180 g/mol. The summed E-state index contributed by atoms with van der Waals surface area (Å²) < 4.78 is 41.3. The Kier molecular flexibility index (Phi) is 18.3. The van der Waals surface area contributed by atoms with Crippen LogP contribution in [0.4, 0.5) is 8.78 Å². The number of benzene rings is 4. The van der Waals surface area contributed by atoms with Crippen LogP contribution in [0.25, 0.3) is 10.1 Å². The fourth-order valence-electron chi connectivity index (χ4n) is 11.1.